The smallest absolute Gasteiger partial charge is 0.241 e. The number of rotatable bonds is 8. The lowest BCUT2D eigenvalue weighted by Gasteiger charge is -2.19. The summed E-state index contributed by atoms with van der Waals surface area (Å²) in [6.45, 7) is 1.89. The van der Waals surface area contributed by atoms with Gasteiger partial charge in [-0.05, 0) is 18.6 Å². The number of sulfonamides is 1. The third-order valence-electron chi connectivity index (χ3n) is 3.46. The number of carbonyl (C=O) groups excluding carboxylic acids is 2. The first-order chi connectivity index (χ1) is 11.6. The van der Waals surface area contributed by atoms with Gasteiger partial charge in [0.05, 0.1) is 6.54 Å². The summed E-state index contributed by atoms with van der Waals surface area (Å²) in [4.78, 5) is 26.1. The van der Waals surface area contributed by atoms with E-state index in [4.69, 9.17) is 0 Å². The summed E-state index contributed by atoms with van der Waals surface area (Å²) in [5, 5.41) is 1.07. The van der Waals surface area contributed by atoms with E-state index in [2.05, 4.69) is 4.72 Å². The summed E-state index contributed by atoms with van der Waals surface area (Å²) >= 11 is 0. The third-order valence-corrected chi connectivity index (χ3v) is 4.56. The van der Waals surface area contributed by atoms with Gasteiger partial charge in [-0.15, -0.1) is 0 Å². The molecule has 25 heavy (non-hydrogen) atoms. The molecule has 1 aromatic rings. The predicted molar refractivity (Wildman–Crippen MR) is 98.1 cm³/mol. The largest absolute Gasteiger partial charge is 0.347 e. The topological polar surface area (TPSA) is 86.8 Å². The van der Waals surface area contributed by atoms with Crippen molar-refractivity contribution in [1.29, 1.82) is 0 Å². The molecule has 1 rings (SSSR count). The quantitative estimate of drug-likeness (QED) is 0.737. The molecule has 0 saturated carbocycles. The van der Waals surface area contributed by atoms with Crippen LogP contribution in [0.25, 0.3) is 6.08 Å². The molecule has 0 fully saturated rings. The van der Waals surface area contributed by atoms with Gasteiger partial charge in [0.2, 0.25) is 21.8 Å². The molecule has 0 aliphatic rings. The number of hydrogen-bond donors (Lipinski definition) is 1. The van der Waals surface area contributed by atoms with E-state index >= 15 is 0 Å². The molecule has 0 aliphatic carbocycles. The standard InChI is InChI=1S/C17H25N3O4S/c1-14-5-7-15(8-6-14)10-12-25(23,24)18-11-9-16(21)20(4)13-17(22)19(2)3/h5-8,10,12,18H,9,11,13H2,1-4H3/b12-10+. The molecule has 0 spiro atoms. The van der Waals surface area contributed by atoms with Crippen molar-refractivity contribution < 1.29 is 18.0 Å². The molecule has 2 amide bonds. The van der Waals surface area contributed by atoms with Crippen molar-refractivity contribution in [2.45, 2.75) is 13.3 Å². The fraction of sp³-hybridized carbons (Fsp3) is 0.412. The number of aryl methyl sites for hydroxylation is 1. The second-order valence-electron chi connectivity index (χ2n) is 5.94. The highest BCUT2D eigenvalue weighted by Gasteiger charge is 2.14. The maximum atomic E-state index is 11.9. The monoisotopic (exact) mass is 367 g/mol. The van der Waals surface area contributed by atoms with Crippen LogP contribution >= 0.6 is 0 Å². The maximum Gasteiger partial charge on any atom is 0.241 e. The first-order valence-electron chi connectivity index (χ1n) is 7.79. The Morgan fingerprint density at radius 2 is 1.68 bits per heavy atom. The van der Waals surface area contributed by atoms with Gasteiger partial charge in [-0.1, -0.05) is 29.8 Å². The van der Waals surface area contributed by atoms with Gasteiger partial charge in [-0.2, -0.15) is 0 Å². The Kier molecular flexibility index (Phi) is 7.79. The highest BCUT2D eigenvalue weighted by atomic mass is 32.2. The van der Waals surface area contributed by atoms with Crippen LogP contribution in [-0.2, 0) is 19.6 Å². The molecule has 1 aromatic carbocycles. The van der Waals surface area contributed by atoms with Crippen LogP contribution in [0.3, 0.4) is 0 Å². The Balaban J connectivity index is 2.46. The lowest BCUT2D eigenvalue weighted by molar-refractivity contribution is -0.137. The molecular weight excluding hydrogens is 342 g/mol. The van der Waals surface area contributed by atoms with Crippen LogP contribution in [0.2, 0.25) is 0 Å². The van der Waals surface area contributed by atoms with Crippen LogP contribution in [0, 0.1) is 6.92 Å². The molecule has 0 unspecified atom stereocenters. The van der Waals surface area contributed by atoms with Gasteiger partial charge >= 0.3 is 0 Å². The van der Waals surface area contributed by atoms with Gasteiger partial charge in [0, 0.05) is 39.5 Å². The van der Waals surface area contributed by atoms with Gasteiger partial charge in [-0.25, -0.2) is 13.1 Å². The minimum atomic E-state index is -3.62. The summed E-state index contributed by atoms with van der Waals surface area (Å²) in [5.41, 5.74) is 1.86. The van der Waals surface area contributed by atoms with E-state index in [-0.39, 0.29) is 31.3 Å². The fourth-order valence-corrected chi connectivity index (χ4v) is 2.64. The first-order valence-corrected chi connectivity index (χ1v) is 9.34. The Bertz CT molecular complexity index is 725. The van der Waals surface area contributed by atoms with E-state index in [9.17, 15) is 18.0 Å². The van der Waals surface area contributed by atoms with Crippen molar-refractivity contribution in [3.8, 4) is 0 Å². The second-order valence-corrected chi connectivity index (χ2v) is 7.59. The number of amides is 2. The Labute approximate surface area is 149 Å². The van der Waals surface area contributed by atoms with Gasteiger partial charge in [0.15, 0.2) is 0 Å². The van der Waals surface area contributed by atoms with Crippen molar-refractivity contribution in [3.63, 3.8) is 0 Å². The van der Waals surface area contributed by atoms with E-state index < -0.39 is 10.0 Å². The third kappa shape index (κ3) is 7.95. The Morgan fingerprint density at radius 3 is 2.24 bits per heavy atom. The molecule has 0 saturated heterocycles. The number of nitrogens with one attached hydrogen (secondary N) is 1. The molecule has 0 radical (unpaired) electrons. The molecule has 8 heteroatoms. The predicted octanol–water partition coefficient (Wildman–Crippen LogP) is 0.822. The summed E-state index contributed by atoms with van der Waals surface area (Å²) in [5.74, 6) is -0.502. The van der Waals surface area contributed by atoms with E-state index in [0.717, 1.165) is 16.5 Å². The molecule has 7 nitrogen and oxygen atoms in total. The van der Waals surface area contributed by atoms with Gasteiger partial charge in [-0.3, -0.25) is 9.59 Å². The molecule has 0 aromatic heterocycles. The zero-order valence-electron chi connectivity index (χ0n) is 15.0. The molecule has 0 atom stereocenters. The molecule has 1 N–H and O–H groups in total. The van der Waals surface area contributed by atoms with Crippen LogP contribution in [0.4, 0.5) is 0 Å². The minimum absolute atomic E-state index is 0.0190. The second kappa shape index (κ2) is 9.33. The first kappa shape index (κ1) is 20.9. The lowest BCUT2D eigenvalue weighted by atomic mass is 10.2. The van der Waals surface area contributed by atoms with Crippen molar-refractivity contribution in [2.75, 3.05) is 34.2 Å². The number of likely N-dealkylation sites (N-methyl/N-ethyl adjacent to an activating group) is 2. The Hall–Kier alpha value is -2.19. The molecule has 0 bridgehead atoms. The maximum absolute atomic E-state index is 11.9. The van der Waals surface area contributed by atoms with Crippen molar-refractivity contribution in [2.24, 2.45) is 0 Å². The summed E-state index contributed by atoms with van der Waals surface area (Å²) < 4.78 is 26.2. The number of hydrogen-bond acceptors (Lipinski definition) is 4. The van der Waals surface area contributed by atoms with E-state index in [1.54, 1.807) is 14.1 Å². The zero-order chi connectivity index (χ0) is 19.0. The van der Waals surface area contributed by atoms with Crippen LogP contribution in [0.5, 0.6) is 0 Å². The molecular formula is C17H25N3O4S. The Morgan fingerprint density at radius 1 is 1.08 bits per heavy atom. The summed E-state index contributed by atoms with van der Waals surface area (Å²) in [6, 6.07) is 7.43. The van der Waals surface area contributed by atoms with Crippen molar-refractivity contribution in [1.82, 2.24) is 14.5 Å². The van der Waals surface area contributed by atoms with Crippen LogP contribution in [0.1, 0.15) is 17.5 Å². The van der Waals surface area contributed by atoms with Gasteiger partial charge in [0.1, 0.15) is 0 Å². The lowest BCUT2D eigenvalue weighted by Crippen LogP contribution is -2.39. The molecule has 0 aliphatic heterocycles. The number of carbonyl (C=O) groups is 2. The van der Waals surface area contributed by atoms with Gasteiger partial charge < -0.3 is 9.80 Å². The average Bonchev–Trinajstić information content (AvgIpc) is 2.53. The normalized spacial score (nSPS) is 11.5. The van der Waals surface area contributed by atoms with Crippen molar-refractivity contribution >= 4 is 27.9 Å². The molecule has 0 heterocycles. The number of benzene rings is 1. The van der Waals surface area contributed by atoms with E-state index in [0.29, 0.717) is 0 Å². The summed E-state index contributed by atoms with van der Waals surface area (Å²) in [6.07, 6.45) is 1.47. The highest BCUT2D eigenvalue weighted by molar-refractivity contribution is 7.92. The molecule has 138 valence electrons. The zero-order valence-corrected chi connectivity index (χ0v) is 15.8. The average molecular weight is 367 g/mol. The van der Waals surface area contributed by atoms with Gasteiger partial charge in [0.25, 0.3) is 0 Å². The van der Waals surface area contributed by atoms with Crippen LogP contribution in [0.15, 0.2) is 29.7 Å². The highest BCUT2D eigenvalue weighted by Crippen LogP contribution is 2.06. The minimum Gasteiger partial charge on any atom is -0.347 e. The summed E-state index contributed by atoms with van der Waals surface area (Å²) in [7, 11) is 1.10. The van der Waals surface area contributed by atoms with E-state index in [1.165, 1.54) is 22.9 Å². The SMILES string of the molecule is Cc1ccc(/C=C/S(=O)(=O)NCCC(=O)N(C)CC(=O)N(C)C)cc1. The van der Waals surface area contributed by atoms with Crippen molar-refractivity contribution in [3.05, 3.63) is 40.8 Å². The number of nitrogens with zero attached hydrogens (tertiary/aromatic N) is 2. The fourth-order valence-electron chi connectivity index (χ4n) is 1.82. The van der Waals surface area contributed by atoms with E-state index in [1.807, 2.05) is 31.2 Å². The van der Waals surface area contributed by atoms with Crippen LogP contribution in [-0.4, -0.2) is 64.3 Å². The van der Waals surface area contributed by atoms with Crippen LogP contribution < -0.4 is 4.72 Å².